The molecule has 1 atom stereocenters. The van der Waals surface area contributed by atoms with Crippen molar-refractivity contribution in [2.75, 3.05) is 19.0 Å². The van der Waals surface area contributed by atoms with Crippen LogP contribution in [0, 0.1) is 10.1 Å². The number of rotatable bonds is 5. The van der Waals surface area contributed by atoms with E-state index in [1.54, 1.807) is 7.11 Å². The maximum atomic E-state index is 10.7. The Morgan fingerprint density at radius 3 is 3.00 bits per heavy atom. The highest BCUT2D eigenvalue weighted by atomic mass is 35.5. The molecule has 1 heterocycles. The zero-order valence-electron chi connectivity index (χ0n) is 8.81. The zero-order valence-corrected chi connectivity index (χ0v) is 9.56. The number of ether oxygens (including phenoxy) is 1. The van der Waals surface area contributed by atoms with Gasteiger partial charge in [-0.15, -0.1) is 0 Å². The summed E-state index contributed by atoms with van der Waals surface area (Å²) in [6.45, 7) is 2.21. The van der Waals surface area contributed by atoms with E-state index in [-0.39, 0.29) is 22.9 Å². The molecule has 0 aliphatic carbocycles. The van der Waals surface area contributed by atoms with Crippen LogP contribution in [-0.2, 0) is 4.74 Å². The smallest absolute Gasteiger partial charge is 0.329 e. The van der Waals surface area contributed by atoms with E-state index in [1.807, 2.05) is 6.92 Å². The van der Waals surface area contributed by atoms with E-state index in [0.717, 1.165) is 6.20 Å². The molecule has 1 aromatic heterocycles. The van der Waals surface area contributed by atoms with Crippen molar-refractivity contribution in [1.29, 1.82) is 0 Å². The van der Waals surface area contributed by atoms with Gasteiger partial charge in [0.05, 0.1) is 11.0 Å². The van der Waals surface area contributed by atoms with Crippen molar-refractivity contribution >= 4 is 23.1 Å². The van der Waals surface area contributed by atoms with Crippen LogP contribution in [0.5, 0.6) is 0 Å². The van der Waals surface area contributed by atoms with Crippen molar-refractivity contribution in [2.24, 2.45) is 0 Å². The normalized spacial score (nSPS) is 12.2. The molecule has 0 spiro atoms. The van der Waals surface area contributed by atoms with Crippen molar-refractivity contribution in [3.05, 3.63) is 21.6 Å². The molecule has 0 amide bonds. The lowest BCUT2D eigenvalue weighted by atomic mass is 10.4. The second-order valence-corrected chi connectivity index (χ2v) is 3.40. The molecule has 0 fully saturated rings. The second-order valence-electron chi connectivity index (χ2n) is 3.06. The molecule has 1 N–H and O–H groups in total. The van der Waals surface area contributed by atoms with Gasteiger partial charge in [0.15, 0.2) is 0 Å². The minimum absolute atomic E-state index is 0.0434. The molecule has 0 aliphatic rings. The van der Waals surface area contributed by atoms with Gasteiger partial charge in [0.1, 0.15) is 6.20 Å². The number of nitro groups is 1. The number of nitrogens with zero attached hydrogens (tertiary/aromatic N) is 3. The number of methoxy groups -OCH3 is 1. The largest absolute Gasteiger partial charge is 0.380 e. The van der Waals surface area contributed by atoms with Gasteiger partial charge in [-0.3, -0.25) is 10.1 Å². The summed E-state index contributed by atoms with van der Waals surface area (Å²) < 4.78 is 4.99. The number of aromatic nitrogens is 2. The van der Waals surface area contributed by atoms with Crippen LogP contribution in [0.4, 0.5) is 11.5 Å². The standard InChI is InChI=1S/C8H11ClN4O3/c1-5(16-2)3-10-7-6(13(14)15)4-11-8(9)12-7/h4-5H,3H2,1-2H3,(H,10,11,12). The molecule has 1 rings (SSSR count). The molecule has 0 saturated heterocycles. The minimum Gasteiger partial charge on any atom is -0.380 e. The van der Waals surface area contributed by atoms with E-state index in [0.29, 0.717) is 6.54 Å². The average Bonchev–Trinajstić information content (AvgIpc) is 2.25. The Morgan fingerprint density at radius 1 is 1.75 bits per heavy atom. The van der Waals surface area contributed by atoms with E-state index >= 15 is 0 Å². The van der Waals surface area contributed by atoms with Gasteiger partial charge in [0.25, 0.3) is 0 Å². The van der Waals surface area contributed by atoms with Crippen molar-refractivity contribution in [3.63, 3.8) is 0 Å². The molecule has 1 unspecified atom stereocenters. The van der Waals surface area contributed by atoms with Gasteiger partial charge in [-0.2, -0.15) is 4.98 Å². The first kappa shape index (κ1) is 12.6. The molecule has 0 aliphatic heterocycles. The van der Waals surface area contributed by atoms with Crippen LogP contribution in [0.1, 0.15) is 6.92 Å². The quantitative estimate of drug-likeness (QED) is 0.481. The fourth-order valence-electron chi connectivity index (χ4n) is 0.941. The van der Waals surface area contributed by atoms with Gasteiger partial charge in [-0.25, -0.2) is 4.98 Å². The molecule has 88 valence electrons. The van der Waals surface area contributed by atoms with E-state index in [1.165, 1.54) is 0 Å². The lowest BCUT2D eigenvalue weighted by molar-refractivity contribution is -0.384. The van der Waals surface area contributed by atoms with Crippen LogP contribution in [-0.4, -0.2) is 34.6 Å². The zero-order chi connectivity index (χ0) is 12.1. The Bertz CT molecular complexity index is 388. The third-order valence-corrected chi connectivity index (χ3v) is 2.08. The van der Waals surface area contributed by atoms with Crippen LogP contribution < -0.4 is 5.32 Å². The van der Waals surface area contributed by atoms with Gasteiger partial charge in [0, 0.05) is 13.7 Å². The van der Waals surface area contributed by atoms with E-state index < -0.39 is 4.92 Å². The molecule has 0 radical (unpaired) electrons. The van der Waals surface area contributed by atoms with Crippen LogP contribution >= 0.6 is 11.6 Å². The van der Waals surface area contributed by atoms with Crippen molar-refractivity contribution < 1.29 is 9.66 Å². The Hall–Kier alpha value is -1.47. The third kappa shape index (κ3) is 3.28. The van der Waals surface area contributed by atoms with E-state index in [4.69, 9.17) is 16.3 Å². The first-order chi connectivity index (χ1) is 7.54. The lowest BCUT2D eigenvalue weighted by Gasteiger charge is -2.10. The predicted octanol–water partition coefficient (Wildman–Crippen LogP) is 1.48. The predicted molar refractivity (Wildman–Crippen MR) is 58.7 cm³/mol. The first-order valence-electron chi connectivity index (χ1n) is 4.48. The molecule has 0 saturated carbocycles. The summed E-state index contributed by atoms with van der Waals surface area (Å²) in [6.07, 6.45) is 0.975. The van der Waals surface area contributed by atoms with Crippen LogP contribution in [0.15, 0.2) is 6.20 Å². The third-order valence-electron chi connectivity index (χ3n) is 1.90. The van der Waals surface area contributed by atoms with E-state index in [2.05, 4.69) is 15.3 Å². The van der Waals surface area contributed by atoms with Gasteiger partial charge >= 0.3 is 5.69 Å². The average molecular weight is 247 g/mol. The van der Waals surface area contributed by atoms with Crippen molar-refractivity contribution in [2.45, 2.75) is 13.0 Å². The van der Waals surface area contributed by atoms with Gasteiger partial charge in [-0.1, -0.05) is 0 Å². The summed E-state index contributed by atoms with van der Waals surface area (Å²) in [7, 11) is 1.55. The monoisotopic (exact) mass is 246 g/mol. The molecule has 7 nitrogen and oxygen atoms in total. The number of nitrogens with one attached hydrogen (secondary N) is 1. The summed E-state index contributed by atoms with van der Waals surface area (Å²) in [6, 6.07) is 0. The molecule has 1 aromatic rings. The summed E-state index contributed by atoms with van der Waals surface area (Å²) in [5, 5.41) is 13.4. The highest BCUT2D eigenvalue weighted by Gasteiger charge is 2.16. The van der Waals surface area contributed by atoms with Crippen LogP contribution in [0.3, 0.4) is 0 Å². The molecular formula is C8H11ClN4O3. The highest BCUT2D eigenvalue weighted by molar-refractivity contribution is 6.28. The van der Waals surface area contributed by atoms with E-state index in [9.17, 15) is 10.1 Å². The van der Waals surface area contributed by atoms with Gasteiger partial charge < -0.3 is 10.1 Å². The number of anilines is 1. The van der Waals surface area contributed by atoms with Crippen LogP contribution in [0.2, 0.25) is 5.28 Å². The minimum atomic E-state index is -0.573. The molecule has 0 aromatic carbocycles. The Labute approximate surface area is 97.0 Å². The fourth-order valence-corrected chi connectivity index (χ4v) is 1.07. The lowest BCUT2D eigenvalue weighted by Crippen LogP contribution is -2.19. The maximum Gasteiger partial charge on any atom is 0.329 e. The van der Waals surface area contributed by atoms with Gasteiger partial charge in [-0.05, 0) is 18.5 Å². The highest BCUT2D eigenvalue weighted by Crippen LogP contribution is 2.21. The number of halogens is 1. The maximum absolute atomic E-state index is 10.7. The second kappa shape index (κ2) is 5.57. The molecular weight excluding hydrogens is 236 g/mol. The number of hydrogen-bond acceptors (Lipinski definition) is 6. The Kier molecular flexibility index (Phi) is 4.39. The van der Waals surface area contributed by atoms with Crippen molar-refractivity contribution in [3.8, 4) is 0 Å². The summed E-state index contributed by atoms with van der Waals surface area (Å²) >= 11 is 5.55. The molecule has 16 heavy (non-hydrogen) atoms. The first-order valence-corrected chi connectivity index (χ1v) is 4.86. The topological polar surface area (TPSA) is 90.2 Å². The fraction of sp³-hybridized carbons (Fsp3) is 0.500. The Balaban J connectivity index is 2.84. The van der Waals surface area contributed by atoms with Crippen molar-refractivity contribution in [1.82, 2.24) is 9.97 Å². The number of hydrogen-bond donors (Lipinski definition) is 1. The molecule has 8 heteroatoms. The van der Waals surface area contributed by atoms with Gasteiger partial charge in [0.2, 0.25) is 11.1 Å². The molecule has 0 bridgehead atoms. The summed E-state index contributed by atoms with van der Waals surface area (Å²) in [5.74, 6) is 0.0916. The Morgan fingerprint density at radius 2 is 2.44 bits per heavy atom. The summed E-state index contributed by atoms with van der Waals surface area (Å²) in [5.41, 5.74) is -0.215. The summed E-state index contributed by atoms with van der Waals surface area (Å²) in [4.78, 5) is 17.4. The SMILES string of the molecule is COC(C)CNc1nc(Cl)ncc1[N+](=O)[O-]. The van der Waals surface area contributed by atoms with Crippen LogP contribution in [0.25, 0.3) is 0 Å².